The fourth-order valence-electron chi connectivity index (χ4n) is 3.74. The Morgan fingerprint density at radius 2 is 1.88 bits per heavy atom. The van der Waals surface area contributed by atoms with Crippen LogP contribution in [0, 0.1) is 5.92 Å². The standard InChI is InChI=1S/C20H31ClN4.HI/c1-3-4-16-13-19(16)24-20(22-2)23-18-9-11-25(12-10-18)14-15-5-7-17(21)8-6-15;/h5-8,16,18-19H,3-4,9-14H2,1-2H3,(H2,22,23,24);1H. The summed E-state index contributed by atoms with van der Waals surface area (Å²) in [6, 6.07) is 9.36. The number of aliphatic imine (C=N–C) groups is 1. The van der Waals surface area contributed by atoms with E-state index in [4.69, 9.17) is 11.6 Å². The lowest BCUT2D eigenvalue weighted by atomic mass is 10.0. The molecule has 0 spiro atoms. The number of likely N-dealkylation sites (tertiary alicyclic amines) is 1. The molecule has 6 heteroatoms. The van der Waals surface area contributed by atoms with E-state index >= 15 is 0 Å². The summed E-state index contributed by atoms with van der Waals surface area (Å²) in [5.74, 6) is 1.84. The SMILES string of the molecule is CCCC1CC1NC(=NC)NC1CCN(Cc2ccc(Cl)cc2)CC1.I. The fraction of sp³-hybridized carbons (Fsp3) is 0.650. The first-order chi connectivity index (χ1) is 12.2. The van der Waals surface area contributed by atoms with Crippen molar-refractivity contribution in [2.24, 2.45) is 10.9 Å². The van der Waals surface area contributed by atoms with E-state index in [-0.39, 0.29) is 24.0 Å². The van der Waals surface area contributed by atoms with Crippen LogP contribution in [-0.4, -0.2) is 43.1 Å². The average Bonchev–Trinajstić information content (AvgIpc) is 3.36. The fourth-order valence-corrected chi connectivity index (χ4v) is 3.86. The second kappa shape index (κ2) is 10.7. The number of nitrogens with zero attached hydrogens (tertiary/aromatic N) is 2. The summed E-state index contributed by atoms with van der Waals surface area (Å²) in [5.41, 5.74) is 1.34. The molecule has 2 fully saturated rings. The molecular formula is C20H32ClIN4. The predicted molar refractivity (Wildman–Crippen MR) is 122 cm³/mol. The third-order valence-corrected chi connectivity index (χ3v) is 5.63. The van der Waals surface area contributed by atoms with Gasteiger partial charge in [-0.2, -0.15) is 0 Å². The molecule has 2 unspecified atom stereocenters. The van der Waals surface area contributed by atoms with Gasteiger partial charge in [0.25, 0.3) is 0 Å². The topological polar surface area (TPSA) is 39.7 Å². The second-order valence-electron chi connectivity index (χ2n) is 7.43. The zero-order valence-electron chi connectivity index (χ0n) is 15.9. The van der Waals surface area contributed by atoms with Gasteiger partial charge >= 0.3 is 0 Å². The van der Waals surface area contributed by atoms with Crippen LogP contribution >= 0.6 is 35.6 Å². The molecular weight excluding hydrogens is 459 g/mol. The summed E-state index contributed by atoms with van der Waals surface area (Å²) in [6.45, 7) is 5.52. The molecule has 26 heavy (non-hydrogen) atoms. The molecule has 2 N–H and O–H groups in total. The molecule has 1 aromatic carbocycles. The maximum Gasteiger partial charge on any atom is 0.191 e. The molecule has 0 amide bonds. The smallest absolute Gasteiger partial charge is 0.191 e. The van der Waals surface area contributed by atoms with Gasteiger partial charge in [-0.15, -0.1) is 24.0 Å². The van der Waals surface area contributed by atoms with E-state index in [2.05, 4.69) is 39.6 Å². The summed E-state index contributed by atoms with van der Waals surface area (Å²) in [6.07, 6.45) is 6.24. The van der Waals surface area contributed by atoms with Gasteiger partial charge in [0.05, 0.1) is 0 Å². The van der Waals surface area contributed by atoms with Gasteiger partial charge in [0, 0.05) is 43.8 Å². The molecule has 0 aromatic heterocycles. The summed E-state index contributed by atoms with van der Waals surface area (Å²) >= 11 is 5.96. The van der Waals surface area contributed by atoms with Crippen molar-refractivity contribution < 1.29 is 0 Å². The van der Waals surface area contributed by atoms with E-state index in [0.29, 0.717) is 12.1 Å². The Morgan fingerprint density at radius 3 is 2.50 bits per heavy atom. The van der Waals surface area contributed by atoms with Gasteiger partial charge in [-0.1, -0.05) is 37.1 Å². The number of guanidine groups is 1. The van der Waals surface area contributed by atoms with Crippen molar-refractivity contribution in [2.45, 2.75) is 57.7 Å². The number of halogens is 2. The lowest BCUT2D eigenvalue weighted by Gasteiger charge is -2.33. The molecule has 1 aliphatic carbocycles. The number of rotatable bonds is 6. The normalized spacial score (nSPS) is 24.0. The van der Waals surface area contributed by atoms with Gasteiger partial charge in [0.15, 0.2) is 5.96 Å². The number of hydrogen-bond acceptors (Lipinski definition) is 2. The molecule has 2 atom stereocenters. The summed E-state index contributed by atoms with van der Waals surface area (Å²) in [5, 5.41) is 8.03. The minimum atomic E-state index is 0. The molecule has 1 saturated heterocycles. The molecule has 3 rings (SSSR count). The zero-order valence-corrected chi connectivity index (χ0v) is 19.0. The third-order valence-electron chi connectivity index (χ3n) is 5.38. The number of nitrogens with one attached hydrogen (secondary N) is 2. The van der Waals surface area contributed by atoms with Crippen molar-refractivity contribution >= 4 is 41.5 Å². The Bertz CT molecular complexity index is 570. The Kier molecular flexibility index (Phi) is 8.97. The molecule has 1 aromatic rings. The molecule has 1 heterocycles. The van der Waals surface area contributed by atoms with Gasteiger partial charge in [0.1, 0.15) is 0 Å². The van der Waals surface area contributed by atoms with Crippen molar-refractivity contribution in [1.82, 2.24) is 15.5 Å². The Labute approximate surface area is 180 Å². The molecule has 1 aliphatic heterocycles. The van der Waals surface area contributed by atoms with Gasteiger partial charge < -0.3 is 10.6 Å². The van der Waals surface area contributed by atoms with E-state index in [1.165, 1.54) is 24.8 Å². The van der Waals surface area contributed by atoms with Crippen LogP contribution < -0.4 is 10.6 Å². The van der Waals surface area contributed by atoms with Crippen molar-refractivity contribution in [1.29, 1.82) is 0 Å². The first kappa shape index (κ1) is 21.8. The van der Waals surface area contributed by atoms with Gasteiger partial charge in [-0.05, 0) is 49.3 Å². The van der Waals surface area contributed by atoms with E-state index < -0.39 is 0 Å². The van der Waals surface area contributed by atoms with Crippen molar-refractivity contribution in [3.05, 3.63) is 34.9 Å². The maximum absolute atomic E-state index is 5.96. The van der Waals surface area contributed by atoms with Crippen LogP contribution in [0.3, 0.4) is 0 Å². The van der Waals surface area contributed by atoms with E-state index in [9.17, 15) is 0 Å². The number of hydrogen-bond donors (Lipinski definition) is 2. The number of benzene rings is 1. The van der Waals surface area contributed by atoms with Crippen LogP contribution in [0.15, 0.2) is 29.3 Å². The minimum absolute atomic E-state index is 0. The van der Waals surface area contributed by atoms with E-state index in [1.807, 2.05) is 19.2 Å². The van der Waals surface area contributed by atoms with Crippen LogP contribution in [0.1, 0.15) is 44.6 Å². The summed E-state index contributed by atoms with van der Waals surface area (Å²) in [7, 11) is 1.88. The van der Waals surface area contributed by atoms with Crippen molar-refractivity contribution in [2.75, 3.05) is 20.1 Å². The zero-order chi connectivity index (χ0) is 17.6. The first-order valence-corrected chi connectivity index (χ1v) is 10.0. The Morgan fingerprint density at radius 1 is 1.19 bits per heavy atom. The van der Waals surface area contributed by atoms with Crippen molar-refractivity contribution in [3.63, 3.8) is 0 Å². The highest BCUT2D eigenvalue weighted by Crippen LogP contribution is 2.34. The van der Waals surface area contributed by atoms with Crippen LogP contribution in [0.4, 0.5) is 0 Å². The first-order valence-electron chi connectivity index (χ1n) is 9.64. The van der Waals surface area contributed by atoms with E-state index in [1.54, 1.807) is 0 Å². The highest BCUT2D eigenvalue weighted by molar-refractivity contribution is 14.0. The van der Waals surface area contributed by atoms with Gasteiger partial charge in [0.2, 0.25) is 0 Å². The molecule has 146 valence electrons. The van der Waals surface area contributed by atoms with E-state index in [0.717, 1.165) is 49.4 Å². The third kappa shape index (κ3) is 6.57. The molecule has 4 nitrogen and oxygen atoms in total. The van der Waals surface area contributed by atoms with Crippen LogP contribution in [0.5, 0.6) is 0 Å². The maximum atomic E-state index is 5.96. The van der Waals surface area contributed by atoms with Gasteiger partial charge in [-0.3, -0.25) is 9.89 Å². The van der Waals surface area contributed by atoms with Crippen LogP contribution in [-0.2, 0) is 6.54 Å². The molecule has 0 bridgehead atoms. The summed E-state index contributed by atoms with van der Waals surface area (Å²) in [4.78, 5) is 6.94. The van der Waals surface area contributed by atoms with Crippen molar-refractivity contribution in [3.8, 4) is 0 Å². The Hall–Kier alpha value is -0.530. The lowest BCUT2D eigenvalue weighted by Crippen LogP contribution is -2.49. The molecule has 0 radical (unpaired) electrons. The van der Waals surface area contributed by atoms with Crippen LogP contribution in [0.2, 0.25) is 5.02 Å². The molecule has 1 saturated carbocycles. The summed E-state index contributed by atoms with van der Waals surface area (Å²) < 4.78 is 0. The van der Waals surface area contributed by atoms with Gasteiger partial charge in [-0.25, -0.2) is 0 Å². The quantitative estimate of drug-likeness (QED) is 0.355. The monoisotopic (exact) mass is 490 g/mol. The second-order valence-corrected chi connectivity index (χ2v) is 7.87. The predicted octanol–water partition coefficient (Wildman–Crippen LogP) is 4.28. The molecule has 2 aliphatic rings. The highest BCUT2D eigenvalue weighted by atomic mass is 127. The minimum Gasteiger partial charge on any atom is -0.354 e. The largest absolute Gasteiger partial charge is 0.354 e. The van der Waals surface area contributed by atoms with Crippen LogP contribution in [0.25, 0.3) is 0 Å². The lowest BCUT2D eigenvalue weighted by molar-refractivity contribution is 0.198. The number of piperidine rings is 1. The Balaban J connectivity index is 0.00000243. The average molecular weight is 491 g/mol. The highest BCUT2D eigenvalue weighted by Gasteiger charge is 2.36.